The van der Waals surface area contributed by atoms with E-state index < -0.39 is 115 Å². The van der Waals surface area contributed by atoms with Gasteiger partial charge in [-0.15, -0.1) is 0 Å². The summed E-state index contributed by atoms with van der Waals surface area (Å²) in [6.07, 6.45) is -10.7. The van der Waals surface area contributed by atoms with Gasteiger partial charge in [0, 0.05) is 13.5 Å². The molecule has 0 aromatic heterocycles. The minimum atomic E-state index is -1.83. The highest BCUT2D eigenvalue weighted by atomic mass is 16.7. The van der Waals surface area contributed by atoms with Crippen LogP contribution in [0.1, 0.15) is 88.5 Å². The van der Waals surface area contributed by atoms with Crippen molar-refractivity contribution in [1.29, 1.82) is 0 Å². The topological polar surface area (TPSA) is 279 Å². The number of carbonyl (C=O) groups is 4. The third-order valence-corrected chi connectivity index (χ3v) is 8.44. The minimum absolute atomic E-state index is 0.0787. The Hall–Kier alpha value is -3.50. The Morgan fingerprint density at radius 3 is 2.07 bits per heavy atom. The molecule has 0 spiro atoms. The summed E-state index contributed by atoms with van der Waals surface area (Å²) in [6, 6.07) is -3.39. The van der Waals surface area contributed by atoms with Crippen LogP contribution in [0.3, 0.4) is 0 Å². The van der Waals surface area contributed by atoms with Gasteiger partial charge in [0.25, 0.3) is 5.91 Å². The zero-order valence-corrected chi connectivity index (χ0v) is 35.1. The molecule has 1 aliphatic heterocycles. The van der Waals surface area contributed by atoms with E-state index in [2.05, 4.69) is 16.0 Å². The first kappa shape index (κ1) is 49.6. The molecule has 1 aliphatic carbocycles. The number of nitrogens with zero attached hydrogens (tertiary/aromatic N) is 1. The molecule has 4 amide bonds. The lowest BCUT2D eigenvalue weighted by Gasteiger charge is -2.47. The van der Waals surface area contributed by atoms with Gasteiger partial charge in [-0.2, -0.15) is 0 Å². The number of rotatable bonds is 16. The molecule has 57 heavy (non-hydrogen) atoms. The molecule has 20 nitrogen and oxygen atoms in total. The van der Waals surface area contributed by atoms with Crippen LogP contribution in [-0.4, -0.2) is 161 Å². The molecule has 330 valence electrons. The van der Waals surface area contributed by atoms with Crippen molar-refractivity contribution in [2.75, 3.05) is 33.4 Å². The fourth-order valence-corrected chi connectivity index (χ4v) is 5.72. The molecule has 0 saturated heterocycles. The van der Waals surface area contributed by atoms with Crippen LogP contribution in [0.4, 0.5) is 14.4 Å². The average Bonchev–Trinajstić information content (AvgIpc) is 3.08. The average molecular weight is 822 g/mol. The lowest BCUT2D eigenvalue weighted by molar-refractivity contribution is -0.274. The monoisotopic (exact) mass is 821 g/mol. The van der Waals surface area contributed by atoms with Gasteiger partial charge in [-0.1, -0.05) is 0 Å². The van der Waals surface area contributed by atoms with Gasteiger partial charge in [0.2, 0.25) is 0 Å². The Morgan fingerprint density at radius 2 is 1.51 bits per heavy atom. The van der Waals surface area contributed by atoms with E-state index in [9.17, 15) is 39.6 Å². The first-order chi connectivity index (χ1) is 26.2. The molecule has 9 N–H and O–H groups in total. The highest BCUT2D eigenvalue weighted by molar-refractivity contribution is 5.82. The number of alkyl carbamates (subject to hydrolysis) is 2. The summed E-state index contributed by atoms with van der Waals surface area (Å²) in [6.45, 7) is 15.1. The van der Waals surface area contributed by atoms with E-state index in [1.165, 1.54) is 14.0 Å². The van der Waals surface area contributed by atoms with Crippen LogP contribution in [0.2, 0.25) is 0 Å². The van der Waals surface area contributed by atoms with Crippen LogP contribution >= 0.6 is 0 Å². The maximum Gasteiger partial charge on any atom is 0.410 e. The Labute approximate surface area is 335 Å². The second-order valence-electron chi connectivity index (χ2n) is 17.0. The van der Waals surface area contributed by atoms with E-state index in [0.717, 1.165) is 4.90 Å². The standard InChI is InChI=1S/C37H67N5O15/c1-20(42(11)34(50)57-37(8,9)10)26(45)31(51-16-15-43)54-29-22(40-30(47)24(44)19-39-32(48)55-35(2,3)4)17-23(41-33(49)56-36(5,6)7)28(27(29)46)53-25-14-12-13-21(18-38)52-25/h13,20,22-29,31,43-46H,12,14-19,38H2,1-11H3,(H,39,48)(H,40,47)(H,41,49)/t20-,22+,23-,24-,25+,26+,27-,28+,29-,31+/m0/s1. The number of likely N-dealkylation sites (N-methyl/N-ethyl adjacent to an activating group) is 1. The van der Waals surface area contributed by atoms with E-state index in [1.54, 1.807) is 68.4 Å². The fraction of sp³-hybridized carbons (Fsp3) is 0.838. The van der Waals surface area contributed by atoms with Crippen molar-refractivity contribution in [1.82, 2.24) is 20.9 Å². The summed E-state index contributed by atoms with van der Waals surface area (Å²) in [5.41, 5.74) is 3.18. The lowest BCUT2D eigenvalue weighted by Crippen LogP contribution is -2.68. The van der Waals surface area contributed by atoms with Gasteiger partial charge in [0.15, 0.2) is 12.6 Å². The number of aliphatic hydroxyl groups excluding tert-OH is 4. The van der Waals surface area contributed by atoms with Gasteiger partial charge in [-0.05, 0) is 88.2 Å². The summed E-state index contributed by atoms with van der Waals surface area (Å²) in [5, 5.41) is 51.8. The highest BCUT2D eigenvalue weighted by Crippen LogP contribution is 2.31. The van der Waals surface area contributed by atoms with E-state index in [4.69, 9.17) is 38.9 Å². The Kier molecular flexibility index (Phi) is 18.7. The maximum atomic E-state index is 13.5. The summed E-state index contributed by atoms with van der Waals surface area (Å²) in [5.74, 6) is -0.559. The molecule has 1 fully saturated rings. The number of aliphatic hydroxyl groups is 4. The van der Waals surface area contributed by atoms with Crippen molar-refractivity contribution >= 4 is 24.2 Å². The molecule has 1 saturated carbocycles. The van der Waals surface area contributed by atoms with Gasteiger partial charge in [-0.25, -0.2) is 14.4 Å². The van der Waals surface area contributed by atoms with Crippen molar-refractivity contribution in [3.8, 4) is 0 Å². The molecule has 0 aromatic rings. The summed E-state index contributed by atoms with van der Waals surface area (Å²) >= 11 is 0. The van der Waals surface area contributed by atoms with E-state index >= 15 is 0 Å². The number of hydrogen-bond donors (Lipinski definition) is 8. The molecule has 0 radical (unpaired) electrons. The van der Waals surface area contributed by atoms with Crippen LogP contribution in [0.25, 0.3) is 0 Å². The van der Waals surface area contributed by atoms with Gasteiger partial charge in [0.1, 0.15) is 53.1 Å². The predicted molar refractivity (Wildman–Crippen MR) is 203 cm³/mol. The number of allylic oxidation sites excluding steroid dienone is 1. The van der Waals surface area contributed by atoms with E-state index in [-0.39, 0.29) is 19.6 Å². The maximum absolute atomic E-state index is 13.5. The van der Waals surface area contributed by atoms with E-state index in [1.807, 2.05) is 0 Å². The summed E-state index contributed by atoms with van der Waals surface area (Å²) < 4.78 is 40.2. The molecule has 2 aliphatic rings. The van der Waals surface area contributed by atoms with Crippen LogP contribution in [0, 0.1) is 0 Å². The van der Waals surface area contributed by atoms with Crippen molar-refractivity contribution in [2.45, 2.75) is 167 Å². The molecule has 2 rings (SSSR count). The normalized spacial score (nSPS) is 25.0. The van der Waals surface area contributed by atoms with Gasteiger partial charge < -0.3 is 80.2 Å². The number of hydrogen-bond acceptors (Lipinski definition) is 16. The molecule has 20 heteroatoms. The molecular weight excluding hydrogens is 754 g/mol. The van der Waals surface area contributed by atoms with Crippen molar-refractivity contribution < 1.29 is 72.8 Å². The zero-order chi connectivity index (χ0) is 43.5. The number of nitrogens with one attached hydrogen (secondary N) is 3. The van der Waals surface area contributed by atoms with Gasteiger partial charge in [0.05, 0.1) is 44.4 Å². The molecule has 0 aromatic carbocycles. The highest BCUT2D eigenvalue weighted by Gasteiger charge is 2.50. The second-order valence-corrected chi connectivity index (χ2v) is 17.0. The number of nitrogens with two attached hydrogens (primary N) is 1. The first-order valence-corrected chi connectivity index (χ1v) is 19.1. The smallest absolute Gasteiger partial charge is 0.410 e. The third-order valence-electron chi connectivity index (χ3n) is 8.44. The summed E-state index contributed by atoms with van der Waals surface area (Å²) in [4.78, 5) is 52.9. The van der Waals surface area contributed by atoms with Crippen molar-refractivity contribution in [3.05, 3.63) is 11.8 Å². The third kappa shape index (κ3) is 17.1. The lowest BCUT2D eigenvalue weighted by atomic mass is 9.83. The number of carbonyl (C=O) groups excluding carboxylic acids is 4. The Bertz CT molecular complexity index is 1350. The minimum Gasteiger partial charge on any atom is -0.468 e. The largest absolute Gasteiger partial charge is 0.468 e. The molecule has 0 bridgehead atoms. The van der Waals surface area contributed by atoms with Crippen LogP contribution in [0.5, 0.6) is 0 Å². The van der Waals surface area contributed by atoms with Crippen LogP contribution in [-0.2, 0) is 38.0 Å². The molecule has 1 heterocycles. The number of amides is 4. The summed E-state index contributed by atoms with van der Waals surface area (Å²) in [7, 11) is 1.39. The fourth-order valence-electron chi connectivity index (χ4n) is 5.72. The SMILES string of the molecule is C[C@@H]([C@@H](O)[C@H](OCCO)O[C@@H]1[C@@H](O)[C@H](O[C@@H]2CCC=C(CN)O2)[C@@H](NC(=O)OC(C)(C)C)C[C@H]1NC(=O)[C@@H](O)CNC(=O)OC(C)(C)C)N(C)C(=O)OC(C)(C)C. The Balaban J connectivity index is 2.55. The predicted octanol–water partition coefficient (Wildman–Crippen LogP) is 0.716. The number of ether oxygens (including phenoxy) is 7. The molecule has 0 unspecified atom stereocenters. The van der Waals surface area contributed by atoms with Gasteiger partial charge >= 0.3 is 18.3 Å². The van der Waals surface area contributed by atoms with Crippen LogP contribution in [0.15, 0.2) is 11.8 Å². The zero-order valence-electron chi connectivity index (χ0n) is 35.1. The Morgan fingerprint density at radius 1 is 0.930 bits per heavy atom. The van der Waals surface area contributed by atoms with Crippen molar-refractivity contribution in [3.63, 3.8) is 0 Å². The second kappa shape index (κ2) is 21.5. The van der Waals surface area contributed by atoms with Gasteiger partial charge in [-0.3, -0.25) is 4.79 Å². The molecular formula is C37H67N5O15. The quantitative estimate of drug-likeness (QED) is 0.0787. The van der Waals surface area contributed by atoms with Crippen LogP contribution < -0.4 is 21.7 Å². The first-order valence-electron chi connectivity index (χ1n) is 19.1. The van der Waals surface area contributed by atoms with E-state index in [0.29, 0.717) is 18.6 Å². The van der Waals surface area contributed by atoms with Crippen molar-refractivity contribution in [2.24, 2.45) is 5.73 Å². The molecule has 10 atom stereocenters.